The maximum atomic E-state index is 9.82. The number of nitrogens with two attached hydrogens (primary N) is 2. The van der Waals surface area contributed by atoms with Crippen molar-refractivity contribution in [3.63, 3.8) is 0 Å². The monoisotopic (exact) mass is 673 g/mol. The first-order valence-electron chi connectivity index (χ1n) is 12.9. The van der Waals surface area contributed by atoms with Gasteiger partial charge in [0.05, 0.1) is 13.2 Å². The quantitative estimate of drug-likeness (QED) is 0.135. The normalized spacial score (nSPS) is 3.89. The summed E-state index contributed by atoms with van der Waals surface area (Å²) in [5.41, 5.74) is 9.00. The number of hydrogen-bond acceptors (Lipinski definition) is 11. The van der Waals surface area contributed by atoms with Gasteiger partial charge in [-0.3, -0.25) is 14.4 Å². The molecule has 0 amide bonds. The third kappa shape index (κ3) is 3540. The number of hydrogen-bond donors (Lipinski definition) is 7. The van der Waals surface area contributed by atoms with Gasteiger partial charge in [0.25, 0.3) is 5.97 Å². The molecule has 44 heavy (non-hydrogen) atoms. The highest BCUT2D eigenvalue weighted by Gasteiger charge is 1.82. The van der Waals surface area contributed by atoms with Crippen LogP contribution in [0.1, 0.15) is 176 Å². The van der Waals surface area contributed by atoms with Gasteiger partial charge < -0.3 is 50.6 Å². The van der Waals surface area contributed by atoms with Crippen molar-refractivity contribution >= 4 is 17.9 Å². The van der Waals surface area contributed by atoms with Crippen molar-refractivity contribution in [2.24, 2.45) is 11.5 Å². The van der Waals surface area contributed by atoms with E-state index in [1.807, 2.05) is 96.9 Å². The Bertz CT molecular complexity index is 213. The van der Waals surface area contributed by atoms with Crippen LogP contribution in [0.15, 0.2) is 0 Å². The van der Waals surface area contributed by atoms with E-state index in [2.05, 4.69) is 20.9 Å². The molecule has 0 aromatic heterocycles. The maximum absolute atomic E-state index is 9.82. The van der Waals surface area contributed by atoms with Gasteiger partial charge in [-0.25, -0.2) is 0 Å². The van der Waals surface area contributed by atoms with Gasteiger partial charge in [-0.15, -0.1) is 0 Å². The van der Waals surface area contributed by atoms with E-state index in [0.717, 1.165) is 6.92 Å². The Hall–Kier alpha value is -1.83. The first-order chi connectivity index (χ1) is 16.3. The standard InChI is InChI=1S/2C4H8O2.C2H4O2.7C2H6.2CH5N.6CH4.4H3N/c2*1-3-6-4(2)5;1-2(3)4;9*1-2;;;;;;;;;;/h2*3H2,1-2H3;1H3,(H,3,4);7*1-2H3;2*2H2,1H3;6*1H4;4*1H3. The number of carboxylic acid groups (broad SMARTS) is 1. The molecule has 0 aromatic rings. The van der Waals surface area contributed by atoms with Crippen LogP contribution >= 0.6 is 0 Å². The number of ether oxygens (including phenoxy) is 2. The zero-order chi connectivity index (χ0) is 31.6. The predicted molar refractivity (Wildman–Crippen MR) is 218 cm³/mol. The Balaban J connectivity index is -0.00000000608. The second-order valence-electron chi connectivity index (χ2n) is 2.37. The number of esters is 2. The van der Waals surface area contributed by atoms with Gasteiger partial charge in [0, 0.05) is 20.8 Å². The molecule has 0 rings (SSSR count). The van der Waals surface area contributed by atoms with Gasteiger partial charge >= 0.3 is 11.9 Å². The van der Waals surface area contributed by atoms with Gasteiger partial charge in [-0.1, -0.05) is 141 Å². The van der Waals surface area contributed by atoms with Crippen LogP contribution in [-0.2, 0) is 23.9 Å². The molecule has 17 N–H and O–H groups in total. The van der Waals surface area contributed by atoms with Gasteiger partial charge in [0.15, 0.2) is 0 Å². The molecule has 0 heterocycles. The molecule has 302 valence electrons. The smallest absolute Gasteiger partial charge is 0.302 e. The molecule has 0 aliphatic carbocycles. The third-order valence-corrected chi connectivity index (χ3v) is 0.695. The number of carboxylic acids is 1. The molecule has 0 bridgehead atoms. The summed E-state index contributed by atoms with van der Waals surface area (Å²) < 4.78 is 8.81. The molecule has 0 aliphatic rings. The Morgan fingerprint density at radius 2 is 0.500 bits per heavy atom. The van der Waals surface area contributed by atoms with Crippen LogP contribution in [0.25, 0.3) is 0 Å². The summed E-state index contributed by atoms with van der Waals surface area (Å²) in [6, 6.07) is 0. The Morgan fingerprint density at radius 3 is 0.500 bits per heavy atom. The lowest BCUT2D eigenvalue weighted by atomic mass is 10.8. The number of aliphatic carboxylic acids is 1. The largest absolute Gasteiger partial charge is 0.481 e. The highest BCUT2D eigenvalue weighted by atomic mass is 16.5. The Labute approximate surface area is 286 Å². The van der Waals surface area contributed by atoms with Gasteiger partial charge in [-0.05, 0) is 27.9 Å². The molecule has 0 radical (unpaired) electrons. The van der Waals surface area contributed by atoms with Gasteiger partial charge in [-0.2, -0.15) is 0 Å². The molecule has 0 saturated carbocycles. The maximum Gasteiger partial charge on any atom is 0.302 e. The minimum atomic E-state index is -0.833. The summed E-state index contributed by atoms with van der Waals surface area (Å²) in [6.07, 6.45) is 0. The fourth-order valence-electron chi connectivity index (χ4n) is 0.407. The van der Waals surface area contributed by atoms with Gasteiger partial charge in [0.2, 0.25) is 0 Å². The van der Waals surface area contributed by atoms with E-state index in [0.29, 0.717) is 13.2 Å². The van der Waals surface area contributed by atoms with Crippen LogP contribution in [0.5, 0.6) is 0 Å². The van der Waals surface area contributed by atoms with Crippen molar-refractivity contribution in [2.75, 3.05) is 27.3 Å². The molecular weight excluding hydrogens is 564 g/mol. The summed E-state index contributed by atoms with van der Waals surface area (Å²) in [5.74, 6) is -1.25. The second kappa shape index (κ2) is 532. The summed E-state index contributed by atoms with van der Waals surface area (Å²) in [7, 11) is 3.00. The highest BCUT2D eigenvalue weighted by Crippen LogP contribution is 1.70. The Morgan fingerprint density at radius 1 is 0.432 bits per heavy atom. The summed E-state index contributed by atoms with van der Waals surface area (Å²) in [4.78, 5) is 28.6. The topological polar surface area (TPSA) is 282 Å². The van der Waals surface area contributed by atoms with Crippen molar-refractivity contribution < 1.29 is 29.0 Å². The van der Waals surface area contributed by atoms with Gasteiger partial charge in [0.1, 0.15) is 0 Å². The van der Waals surface area contributed by atoms with E-state index < -0.39 is 5.97 Å². The molecule has 0 spiro atoms. The first-order valence-corrected chi connectivity index (χ1v) is 12.9. The fraction of sp³-hybridized carbons (Fsp3) is 0.906. The molecule has 0 aromatic carbocycles. The molecule has 0 saturated heterocycles. The van der Waals surface area contributed by atoms with E-state index >= 15 is 0 Å². The minimum Gasteiger partial charge on any atom is -0.481 e. The predicted octanol–water partition coefficient (Wildman–Crippen LogP) is 12.0. The van der Waals surface area contributed by atoms with Crippen LogP contribution in [0.4, 0.5) is 0 Å². The number of rotatable bonds is 2. The molecule has 12 heteroatoms. The molecule has 0 aliphatic heterocycles. The minimum absolute atomic E-state index is 0. The first kappa shape index (κ1) is 176. The summed E-state index contributed by atoms with van der Waals surface area (Å²) >= 11 is 0. The average molecular weight is 673 g/mol. The zero-order valence-corrected chi connectivity index (χ0v) is 30.4. The SMILES string of the molecule is C.C.C.C.C.C.CC.CC.CC.CC.CC.CC.CC.CC(=O)O.CCOC(C)=O.CCOC(C)=O.CN.CN.N.N.N.N. The summed E-state index contributed by atoms with van der Waals surface area (Å²) in [5, 5.41) is 7.42. The average Bonchev–Trinajstić information content (AvgIpc) is 2.90. The van der Waals surface area contributed by atoms with Crippen LogP contribution in [-0.4, -0.2) is 50.3 Å². The van der Waals surface area contributed by atoms with Crippen molar-refractivity contribution in [2.45, 2.75) is 176 Å². The highest BCUT2D eigenvalue weighted by molar-refractivity contribution is 5.66. The fourth-order valence-corrected chi connectivity index (χ4v) is 0.407. The molecule has 0 unspecified atom stereocenters. The van der Waals surface area contributed by atoms with Crippen molar-refractivity contribution in [1.82, 2.24) is 24.6 Å². The third-order valence-electron chi connectivity index (χ3n) is 0.695. The molecule has 0 atom stereocenters. The van der Waals surface area contributed by atoms with Crippen LogP contribution in [0, 0.1) is 0 Å². The van der Waals surface area contributed by atoms with Crippen LogP contribution in [0.2, 0.25) is 0 Å². The molecule has 12 nitrogen and oxygen atoms in total. The van der Waals surface area contributed by atoms with Crippen molar-refractivity contribution in [3.8, 4) is 0 Å². The zero-order valence-electron chi connectivity index (χ0n) is 30.4. The Kier molecular flexibility index (Phi) is 2130. The van der Waals surface area contributed by atoms with Crippen LogP contribution < -0.4 is 36.1 Å². The van der Waals surface area contributed by atoms with E-state index in [4.69, 9.17) is 9.90 Å². The second-order valence-corrected chi connectivity index (χ2v) is 2.37. The lowest BCUT2D eigenvalue weighted by molar-refractivity contribution is -0.141. The number of carbonyl (C=O) groups is 3. The van der Waals surface area contributed by atoms with E-state index in [1.165, 1.54) is 27.9 Å². The van der Waals surface area contributed by atoms with Crippen LogP contribution in [0.3, 0.4) is 0 Å². The van der Waals surface area contributed by atoms with E-state index in [1.54, 1.807) is 13.8 Å². The van der Waals surface area contributed by atoms with Crippen molar-refractivity contribution in [3.05, 3.63) is 0 Å². The molecular formula is C32H108N6O6. The van der Waals surface area contributed by atoms with E-state index in [-0.39, 0.29) is 81.1 Å². The number of carbonyl (C=O) groups excluding carboxylic acids is 2. The van der Waals surface area contributed by atoms with Crippen molar-refractivity contribution in [1.29, 1.82) is 0 Å². The van der Waals surface area contributed by atoms with E-state index in [9.17, 15) is 9.59 Å². The lowest BCUT2D eigenvalue weighted by Gasteiger charge is -1.89. The lowest BCUT2D eigenvalue weighted by Crippen LogP contribution is -1.95. The molecule has 0 fully saturated rings. The summed E-state index contributed by atoms with van der Waals surface area (Å²) in [6.45, 7) is 36.4.